The molecule has 1 aliphatic carbocycles. The highest BCUT2D eigenvalue weighted by Crippen LogP contribution is 2.49. The second kappa shape index (κ2) is 3.42. The van der Waals surface area contributed by atoms with Crippen molar-refractivity contribution in [3.05, 3.63) is 28.8 Å². The molecule has 0 saturated heterocycles. The van der Waals surface area contributed by atoms with Crippen molar-refractivity contribution in [1.29, 1.82) is 0 Å². The first-order chi connectivity index (χ1) is 7.10. The van der Waals surface area contributed by atoms with Gasteiger partial charge in [0.15, 0.2) is 0 Å². The molecule has 15 heavy (non-hydrogen) atoms. The fraction of sp³-hybridized carbons (Fsp3) is 0.364. The summed E-state index contributed by atoms with van der Waals surface area (Å²) >= 11 is 5.87. The van der Waals surface area contributed by atoms with Gasteiger partial charge >= 0.3 is 5.97 Å². The maximum atomic E-state index is 11.1. The quantitative estimate of drug-likeness (QED) is 0.861. The van der Waals surface area contributed by atoms with Crippen LogP contribution in [0, 0.1) is 0 Å². The molecule has 0 bridgehead atoms. The third kappa shape index (κ3) is 1.57. The van der Waals surface area contributed by atoms with Crippen molar-refractivity contribution >= 4 is 17.6 Å². The van der Waals surface area contributed by atoms with Crippen LogP contribution in [0.2, 0.25) is 5.02 Å². The lowest BCUT2D eigenvalue weighted by atomic mass is 9.96. The fourth-order valence-corrected chi connectivity index (χ4v) is 1.90. The number of benzene rings is 1. The summed E-state index contributed by atoms with van der Waals surface area (Å²) in [6.45, 7) is 0. The molecule has 1 aromatic rings. The van der Waals surface area contributed by atoms with Gasteiger partial charge < -0.3 is 9.84 Å². The number of halogens is 1. The number of aliphatic carboxylic acids is 1. The van der Waals surface area contributed by atoms with Gasteiger partial charge in [0.1, 0.15) is 5.75 Å². The summed E-state index contributed by atoms with van der Waals surface area (Å²) in [6.07, 6.45) is 1.38. The average molecular weight is 227 g/mol. The maximum absolute atomic E-state index is 11.1. The van der Waals surface area contributed by atoms with Crippen molar-refractivity contribution in [2.24, 2.45) is 0 Å². The van der Waals surface area contributed by atoms with Crippen LogP contribution in [0.25, 0.3) is 0 Å². The Morgan fingerprint density at radius 1 is 1.53 bits per heavy atom. The van der Waals surface area contributed by atoms with Crippen LogP contribution in [0.3, 0.4) is 0 Å². The van der Waals surface area contributed by atoms with Crippen LogP contribution in [0.1, 0.15) is 18.4 Å². The van der Waals surface area contributed by atoms with Gasteiger partial charge in [0, 0.05) is 0 Å². The summed E-state index contributed by atoms with van der Waals surface area (Å²) in [5, 5.41) is 9.62. The minimum atomic E-state index is -0.771. The Kier molecular flexibility index (Phi) is 2.35. The third-order valence-corrected chi connectivity index (χ3v) is 3.18. The molecule has 0 atom stereocenters. The minimum Gasteiger partial charge on any atom is -0.495 e. The molecule has 3 nitrogen and oxygen atoms in total. The van der Waals surface area contributed by atoms with Gasteiger partial charge in [0.25, 0.3) is 0 Å². The zero-order valence-electron chi connectivity index (χ0n) is 8.29. The molecule has 80 valence electrons. The Bertz CT molecular complexity index is 410. The van der Waals surface area contributed by atoms with Crippen LogP contribution in [-0.2, 0) is 10.2 Å². The smallest absolute Gasteiger partial charge is 0.314 e. The van der Waals surface area contributed by atoms with E-state index in [-0.39, 0.29) is 0 Å². The summed E-state index contributed by atoms with van der Waals surface area (Å²) in [5.74, 6) is -0.242. The predicted octanol–water partition coefficient (Wildman–Crippen LogP) is 2.46. The van der Waals surface area contributed by atoms with E-state index < -0.39 is 11.4 Å². The van der Waals surface area contributed by atoms with Crippen molar-refractivity contribution in [2.45, 2.75) is 18.3 Å². The monoisotopic (exact) mass is 226 g/mol. The number of rotatable bonds is 3. The Labute approximate surface area is 92.6 Å². The summed E-state index contributed by atoms with van der Waals surface area (Å²) in [6, 6.07) is 5.15. The topological polar surface area (TPSA) is 46.5 Å². The second-order valence-corrected chi connectivity index (χ2v) is 4.14. The van der Waals surface area contributed by atoms with Gasteiger partial charge in [0.05, 0.1) is 17.5 Å². The lowest BCUT2D eigenvalue weighted by Gasteiger charge is -2.12. The molecule has 1 aromatic carbocycles. The average Bonchev–Trinajstić information content (AvgIpc) is 2.99. The number of carbonyl (C=O) groups is 1. The van der Waals surface area contributed by atoms with Gasteiger partial charge in [-0.15, -0.1) is 0 Å². The number of carboxylic acids is 1. The molecule has 4 heteroatoms. The van der Waals surface area contributed by atoms with Gasteiger partial charge in [-0.3, -0.25) is 4.79 Å². The molecule has 0 radical (unpaired) electrons. The number of carboxylic acid groups (broad SMARTS) is 1. The van der Waals surface area contributed by atoms with Crippen LogP contribution in [0.5, 0.6) is 5.75 Å². The van der Waals surface area contributed by atoms with Gasteiger partial charge in [-0.25, -0.2) is 0 Å². The van der Waals surface area contributed by atoms with E-state index in [0.717, 1.165) is 5.56 Å². The summed E-state index contributed by atoms with van der Waals surface area (Å²) < 4.78 is 5.06. The standard InChI is InChI=1S/C11H11ClO3/c1-15-9-6-7(2-3-8(9)12)11(4-5-11)10(13)14/h2-3,6H,4-5H2,1H3,(H,13,14). The zero-order chi connectivity index (χ0) is 11.1. The van der Waals surface area contributed by atoms with Crippen molar-refractivity contribution in [3.63, 3.8) is 0 Å². The van der Waals surface area contributed by atoms with Crippen LogP contribution in [0.4, 0.5) is 0 Å². The van der Waals surface area contributed by atoms with Gasteiger partial charge in [-0.2, -0.15) is 0 Å². The van der Waals surface area contributed by atoms with E-state index >= 15 is 0 Å². The Hall–Kier alpha value is -1.22. The first-order valence-electron chi connectivity index (χ1n) is 4.67. The second-order valence-electron chi connectivity index (χ2n) is 3.74. The predicted molar refractivity (Wildman–Crippen MR) is 56.6 cm³/mol. The summed E-state index contributed by atoms with van der Waals surface area (Å²) in [4.78, 5) is 11.1. The van der Waals surface area contributed by atoms with E-state index in [1.54, 1.807) is 18.2 Å². The molecule has 0 unspecified atom stereocenters. The van der Waals surface area contributed by atoms with Crippen LogP contribution in [0.15, 0.2) is 18.2 Å². The molecule has 1 fully saturated rings. The zero-order valence-corrected chi connectivity index (χ0v) is 9.04. The highest BCUT2D eigenvalue weighted by Gasteiger charge is 2.51. The molecular formula is C11H11ClO3. The first kappa shape index (κ1) is 10.3. The van der Waals surface area contributed by atoms with Crippen molar-refractivity contribution in [3.8, 4) is 5.75 Å². The normalized spacial score (nSPS) is 17.2. The molecular weight excluding hydrogens is 216 g/mol. The highest BCUT2D eigenvalue weighted by molar-refractivity contribution is 6.32. The maximum Gasteiger partial charge on any atom is 0.314 e. The summed E-state index contributed by atoms with van der Waals surface area (Å²) in [7, 11) is 1.52. The molecule has 2 rings (SSSR count). The van der Waals surface area contributed by atoms with Gasteiger partial charge in [-0.1, -0.05) is 17.7 Å². The van der Waals surface area contributed by atoms with Gasteiger partial charge in [-0.05, 0) is 30.5 Å². The molecule has 0 aromatic heterocycles. The lowest BCUT2D eigenvalue weighted by Crippen LogP contribution is -2.19. The third-order valence-electron chi connectivity index (χ3n) is 2.86. The van der Waals surface area contributed by atoms with E-state index in [1.165, 1.54) is 7.11 Å². The number of ether oxygens (including phenoxy) is 1. The van der Waals surface area contributed by atoms with E-state index in [4.69, 9.17) is 21.4 Å². The Morgan fingerprint density at radius 3 is 2.67 bits per heavy atom. The summed E-state index contributed by atoms with van der Waals surface area (Å²) in [5.41, 5.74) is 0.0777. The Morgan fingerprint density at radius 2 is 2.20 bits per heavy atom. The first-order valence-corrected chi connectivity index (χ1v) is 5.05. The number of hydrogen-bond acceptors (Lipinski definition) is 2. The van der Waals surface area contributed by atoms with Crippen molar-refractivity contribution in [1.82, 2.24) is 0 Å². The minimum absolute atomic E-state index is 0.502. The fourth-order valence-electron chi connectivity index (χ4n) is 1.71. The SMILES string of the molecule is COc1cc(C2(C(=O)O)CC2)ccc1Cl. The van der Waals surface area contributed by atoms with E-state index in [1.807, 2.05) is 0 Å². The number of hydrogen-bond donors (Lipinski definition) is 1. The molecule has 1 N–H and O–H groups in total. The largest absolute Gasteiger partial charge is 0.495 e. The molecule has 1 saturated carbocycles. The molecule has 0 aliphatic heterocycles. The van der Waals surface area contributed by atoms with Crippen LogP contribution in [-0.4, -0.2) is 18.2 Å². The van der Waals surface area contributed by atoms with Crippen LogP contribution >= 0.6 is 11.6 Å². The lowest BCUT2D eigenvalue weighted by molar-refractivity contribution is -0.140. The molecule has 0 amide bonds. The highest BCUT2D eigenvalue weighted by atomic mass is 35.5. The van der Waals surface area contributed by atoms with Crippen molar-refractivity contribution in [2.75, 3.05) is 7.11 Å². The molecule has 1 aliphatic rings. The van der Waals surface area contributed by atoms with E-state index in [2.05, 4.69) is 0 Å². The molecule has 0 heterocycles. The van der Waals surface area contributed by atoms with E-state index in [9.17, 15) is 4.79 Å². The van der Waals surface area contributed by atoms with E-state index in [0.29, 0.717) is 23.6 Å². The van der Waals surface area contributed by atoms with Gasteiger partial charge in [0.2, 0.25) is 0 Å². The Balaban J connectivity index is 2.42. The molecule has 0 spiro atoms. The van der Waals surface area contributed by atoms with Crippen molar-refractivity contribution < 1.29 is 14.6 Å². The number of methoxy groups -OCH3 is 1. The van der Waals surface area contributed by atoms with Crippen LogP contribution < -0.4 is 4.74 Å².